The third-order valence-corrected chi connectivity index (χ3v) is 2.95. The van der Waals surface area contributed by atoms with Crippen molar-refractivity contribution >= 4 is 33.5 Å². The molecule has 1 aromatic heterocycles. The maximum absolute atomic E-state index is 5.29. The van der Waals surface area contributed by atoms with Crippen LogP contribution in [0.5, 0.6) is 6.01 Å². The zero-order valence-electron chi connectivity index (χ0n) is 10.4. The number of anilines is 3. The summed E-state index contributed by atoms with van der Waals surface area (Å²) in [5, 5.41) is 3.06. The van der Waals surface area contributed by atoms with Gasteiger partial charge in [-0.1, -0.05) is 6.07 Å². The average Bonchev–Trinajstić information content (AvgIpc) is 2.41. The summed E-state index contributed by atoms with van der Waals surface area (Å²) in [5.74, 6) is 5.85. The van der Waals surface area contributed by atoms with Crippen LogP contribution in [0.15, 0.2) is 22.7 Å². The van der Waals surface area contributed by atoms with Crippen molar-refractivity contribution in [2.45, 2.75) is 6.92 Å². The molecule has 0 saturated carbocycles. The van der Waals surface area contributed by atoms with Crippen LogP contribution in [0.4, 0.5) is 17.6 Å². The molecule has 0 aliphatic rings. The number of nitrogens with two attached hydrogens (primary N) is 1. The van der Waals surface area contributed by atoms with Gasteiger partial charge in [-0.05, 0) is 40.5 Å². The van der Waals surface area contributed by atoms with E-state index in [9.17, 15) is 0 Å². The SMILES string of the molecule is COc1nc(NN)nc(Nc2ccc(C)cc2Br)n1. The van der Waals surface area contributed by atoms with E-state index in [2.05, 4.69) is 41.6 Å². The van der Waals surface area contributed by atoms with Crippen LogP contribution in [0.3, 0.4) is 0 Å². The normalized spacial score (nSPS) is 10.1. The van der Waals surface area contributed by atoms with Crippen LogP contribution in [-0.2, 0) is 0 Å². The van der Waals surface area contributed by atoms with E-state index in [1.807, 2.05) is 25.1 Å². The zero-order valence-corrected chi connectivity index (χ0v) is 12.0. The molecule has 0 aliphatic carbocycles. The summed E-state index contributed by atoms with van der Waals surface area (Å²) < 4.78 is 5.89. The smallest absolute Gasteiger partial charge is 0.322 e. The molecule has 0 unspecified atom stereocenters. The molecule has 1 heterocycles. The fraction of sp³-hybridized carbons (Fsp3) is 0.182. The van der Waals surface area contributed by atoms with E-state index >= 15 is 0 Å². The molecule has 0 aliphatic heterocycles. The minimum absolute atomic E-state index is 0.175. The van der Waals surface area contributed by atoms with Gasteiger partial charge >= 0.3 is 6.01 Å². The first-order valence-electron chi connectivity index (χ1n) is 5.42. The molecule has 2 rings (SSSR count). The molecule has 7 nitrogen and oxygen atoms in total. The Labute approximate surface area is 118 Å². The molecule has 0 amide bonds. The highest BCUT2D eigenvalue weighted by Gasteiger charge is 2.08. The molecule has 0 bridgehead atoms. The monoisotopic (exact) mass is 324 g/mol. The first-order chi connectivity index (χ1) is 9.12. The number of hydrazine groups is 1. The van der Waals surface area contributed by atoms with Crippen LogP contribution >= 0.6 is 15.9 Å². The van der Waals surface area contributed by atoms with Gasteiger partial charge < -0.3 is 10.1 Å². The highest BCUT2D eigenvalue weighted by Crippen LogP contribution is 2.26. The number of nitrogen functional groups attached to an aromatic ring is 1. The Morgan fingerprint density at radius 1 is 1.21 bits per heavy atom. The second kappa shape index (κ2) is 5.81. The quantitative estimate of drug-likeness (QED) is 0.584. The van der Waals surface area contributed by atoms with Crippen LogP contribution in [0.25, 0.3) is 0 Å². The zero-order chi connectivity index (χ0) is 13.8. The van der Waals surface area contributed by atoms with Crippen LogP contribution in [0.2, 0.25) is 0 Å². The number of benzene rings is 1. The summed E-state index contributed by atoms with van der Waals surface area (Å²) in [4.78, 5) is 12.1. The van der Waals surface area contributed by atoms with Gasteiger partial charge in [0.25, 0.3) is 0 Å². The number of methoxy groups -OCH3 is 1. The van der Waals surface area contributed by atoms with Gasteiger partial charge in [0.2, 0.25) is 11.9 Å². The Morgan fingerprint density at radius 2 is 1.95 bits per heavy atom. The number of hydrogen-bond donors (Lipinski definition) is 3. The summed E-state index contributed by atoms with van der Waals surface area (Å²) >= 11 is 3.47. The topological polar surface area (TPSA) is 98.0 Å². The van der Waals surface area contributed by atoms with E-state index in [1.54, 1.807) is 0 Å². The largest absolute Gasteiger partial charge is 0.467 e. The van der Waals surface area contributed by atoms with Crippen LogP contribution in [-0.4, -0.2) is 22.1 Å². The van der Waals surface area contributed by atoms with Gasteiger partial charge in [0.1, 0.15) is 0 Å². The maximum Gasteiger partial charge on any atom is 0.322 e. The maximum atomic E-state index is 5.29. The number of aromatic nitrogens is 3. The molecule has 1 aromatic carbocycles. The van der Waals surface area contributed by atoms with Crippen molar-refractivity contribution in [3.8, 4) is 6.01 Å². The van der Waals surface area contributed by atoms with E-state index in [1.165, 1.54) is 7.11 Å². The molecule has 0 radical (unpaired) electrons. The van der Waals surface area contributed by atoms with Gasteiger partial charge in [-0.2, -0.15) is 15.0 Å². The standard InChI is InChI=1S/C11H13BrN6O/c1-6-3-4-8(7(12)5-6)14-9-15-10(18-13)17-11(16-9)19-2/h3-5H,13H2,1-2H3,(H2,14,15,16,17,18). The minimum atomic E-state index is 0.175. The molecular formula is C11H13BrN6O. The van der Waals surface area contributed by atoms with E-state index in [4.69, 9.17) is 10.6 Å². The highest BCUT2D eigenvalue weighted by molar-refractivity contribution is 9.10. The number of halogens is 1. The summed E-state index contributed by atoms with van der Waals surface area (Å²) in [5.41, 5.74) is 4.34. The number of aryl methyl sites for hydroxylation is 1. The molecule has 2 aromatic rings. The van der Waals surface area contributed by atoms with Crippen molar-refractivity contribution < 1.29 is 4.74 Å². The number of hydrogen-bond acceptors (Lipinski definition) is 7. The predicted octanol–water partition coefficient (Wildman–Crippen LogP) is 1.98. The first kappa shape index (κ1) is 13.5. The van der Waals surface area contributed by atoms with E-state index < -0.39 is 0 Å². The molecule has 0 fully saturated rings. The number of nitrogens with zero attached hydrogens (tertiary/aromatic N) is 3. The lowest BCUT2D eigenvalue weighted by atomic mass is 10.2. The molecule has 8 heteroatoms. The van der Waals surface area contributed by atoms with Crippen molar-refractivity contribution in [2.24, 2.45) is 5.84 Å². The molecule has 4 N–H and O–H groups in total. The van der Waals surface area contributed by atoms with Crippen molar-refractivity contribution in [1.82, 2.24) is 15.0 Å². The summed E-state index contributed by atoms with van der Waals surface area (Å²) in [6.45, 7) is 2.01. The number of nitrogens with one attached hydrogen (secondary N) is 2. The predicted molar refractivity (Wildman–Crippen MR) is 76.4 cm³/mol. The molecular weight excluding hydrogens is 312 g/mol. The van der Waals surface area contributed by atoms with Crippen molar-refractivity contribution in [3.63, 3.8) is 0 Å². The van der Waals surface area contributed by atoms with Crippen LogP contribution in [0.1, 0.15) is 5.56 Å². The first-order valence-corrected chi connectivity index (χ1v) is 6.21. The van der Waals surface area contributed by atoms with Gasteiger partial charge in [0.05, 0.1) is 12.8 Å². The Hall–Kier alpha value is -1.93. The Kier molecular flexibility index (Phi) is 4.13. The Bertz CT molecular complexity index is 569. The second-order valence-corrected chi connectivity index (χ2v) is 4.58. The fourth-order valence-corrected chi connectivity index (χ4v) is 2.00. The third-order valence-electron chi connectivity index (χ3n) is 2.30. The molecule has 19 heavy (non-hydrogen) atoms. The summed E-state index contributed by atoms with van der Waals surface area (Å²) in [7, 11) is 1.47. The molecule has 0 spiro atoms. The van der Waals surface area contributed by atoms with Crippen molar-refractivity contribution in [1.29, 1.82) is 0 Å². The van der Waals surface area contributed by atoms with E-state index in [-0.39, 0.29) is 12.0 Å². The van der Waals surface area contributed by atoms with Crippen molar-refractivity contribution in [3.05, 3.63) is 28.2 Å². The highest BCUT2D eigenvalue weighted by atomic mass is 79.9. The van der Waals surface area contributed by atoms with Gasteiger partial charge in [-0.25, -0.2) is 5.84 Å². The summed E-state index contributed by atoms with van der Waals surface area (Å²) in [6.07, 6.45) is 0. The van der Waals surface area contributed by atoms with E-state index in [0.29, 0.717) is 5.95 Å². The molecule has 0 saturated heterocycles. The third kappa shape index (κ3) is 3.30. The number of rotatable bonds is 4. The van der Waals surface area contributed by atoms with Gasteiger partial charge in [0, 0.05) is 4.47 Å². The number of ether oxygens (including phenoxy) is 1. The van der Waals surface area contributed by atoms with Crippen molar-refractivity contribution in [2.75, 3.05) is 17.9 Å². The molecule has 0 atom stereocenters. The Balaban J connectivity index is 2.31. The van der Waals surface area contributed by atoms with E-state index in [0.717, 1.165) is 15.7 Å². The van der Waals surface area contributed by atoms with Gasteiger partial charge in [0.15, 0.2) is 0 Å². The lowest BCUT2D eigenvalue weighted by Gasteiger charge is -2.09. The molecule has 100 valence electrons. The minimum Gasteiger partial charge on any atom is -0.467 e. The Morgan fingerprint density at radius 3 is 2.58 bits per heavy atom. The van der Waals surface area contributed by atoms with Gasteiger partial charge in [-0.15, -0.1) is 0 Å². The van der Waals surface area contributed by atoms with Crippen LogP contribution in [0, 0.1) is 6.92 Å². The van der Waals surface area contributed by atoms with Gasteiger partial charge in [-0.3, -0.25) is 5.43 Å². The average molecular weight is 325 g/mol. The lowest BCUT2D eigenvalue weighted by Crippen LogP contribution is -2.13. The second-order valence-electron chi connectivity index (χ2n) is 3.72. The fourth-order valence-electron chi connectivity index (χ4n) is 1.41. The van der Waals surface area contributed by atoms with Crippen LogP contribution < -0.4 is 21.3 Å². The summed E-state index contributed by atoms with van der Waals surface area (Å²) in [6, 6.07) is 6.07. The lowest BCUT2D eigenvalue weighted by molar-refractivity contribution is 0.379.